The smallest absolute Gasteiger partial charge is 0.203 e. The summed E-state index contributed by atoms with van der Waals surface area (Å²) < 4.78 is 33.5. The Kier molecular flexibility index (Phi) is 7.06. The second-order valence-corrected chi connectivity index (χ2v) is 6.60. The van der Waals surface area contributed by atoms with E-state index in [0.29, 0.717) is 43.6 Å². The summed E-state index contributed by atoms with van der Waals surface area (Å²) in [4.78, 5) is 2.29. The number of ether oxygens (including phenoxy) is 6. The van der Waals surface area contributed by atoms with E-state index in [2.05, 4.69) is 4.90 Å². The third-order valence-electron chi connectivity index (χ3n) is 4.75. The molecule has 0 spiro atoms. The van der Waals surface area contributed by atoms with Gasteiger partial charge in [-0.25, -0.2) is 0 Å². The minimum absolute atomic E-state index is 0.237. The molecule has 27 heavy (non-hydrogen) atoms. The molecule has 2 aliphatic rings. The molecule has 0 N–H and O–H groups in total. The van der Waals surface area contributed by atoms with E-state index in [1.54, 1.807) is 27.6 Å². The Balaban J connectivity index is 1.80. The van der Waals surface area contributed by atoms with E-state index < -0.39 is 0 Å². The standard InChI is InChI=1S/C20H29NO6/c1-22-18-7-6-15(19(23-2)20(18)24-3)11-21(12-16-5-4-8-26-16)13-17-14-25-9-10-27-17/h6-7,14,16H,4-5,8-13H2,1-3H3. The Hall–Kier alpha value is -2.12. The molecule has 1 unspecified atom stereocenters. The largest absolute Gasteiger partial charge is 0.494 e. The third kappa shape index (κ3) is 4.99. The Morgan fingerprint density at radius 1 is 1.00 bits per heavy atom. The predicted octanol–water partition coefficient (Wildman–Crippen LogP) is 2.58. The molecule has 7 nitrogen and oxygen atoms in total. The number of hydrogen-bond donors (Lipinski definition) is 0. The van der Waals surface area contributed by atoms with Crippen LogP contribution in [0.4, 0.5) is 0 Å². The number of hydrogen-bond acceptors (Lipinski definition) is 7. The minimum Gasteiger partial charge on any atom is -0.494 e. The highest BCUT2D eigenvalue weighted by Gasteiger charge is 2.24. The van der Waals surface area contributed by atoms with Crippen LogP contribution in [0.15, 0.2) is 24.2 Å². The maximum absolute atomic E-state index is 5.84. The normalized spacial score (nSPS) is 19.3. The fraction of sp³-hybridized carbons (Fsp3) is 0.600. The molecule has 0 aromatic heterocycles. The van der Waals surface area contributed by atoms with Gasteiger partial charge in [0, 0.05) is 25.3 Å². The molecule has 1 atom stereocenters. The van der Waals surface area contributed by atoms with E-state index in [-0.39, 0.29) is 6.10 Å². The lowest BCUT2D eigenvalue weighted by Crippen LogP contribution is -2.34. The van der Waals surface area contributed by atoms with Crippen molar-refractivity contribution in [3.05, 3.63) is 29.7 Å². The summed E-state index contributed by atoms with van der Waals surface area (Å²) in [5.41, 5.74) is 1.02. The maximum Gasteiger partial charge on any atom is 0.203 e. The topological polar surface area (TPSA) is 58.6 Å². The van der Waals surface area contributed by atoms with Crippen molar-refractivity contribution in [1.29, 1.82) is 0 Å². The first kappa shape index (κ1) is 19.6. The van der Waals surface area contributed by atoms with Gasteiger partial charge in [-0.1, -0.05) is 6.07 Å². The maximum atomic E-state index is 5.84. The average molecular weight is 379 g/mol. The van der Waals surface area contributed by atoms with Crippen LogP contribution in [0, 0.1) is 0 Å². The van der Waals surface area contributed by atoms with Gasteiger partial charge in [0.1, 0.15) is 25.2 Å². The van der Waals surface area contributed by atoms with Gasteiger partial charge in [0.25, 0.3) is 0 Å². The van der Waals surface area contributed by atoms with Crippen LogP contribution >= 0.6 is 0 Å². The SMILES string of the molecule is COc1ccc(CN(CC2=COCCO2)CC2CCCO2)c(OC)c1OC. The van der Waals surface area contributed by atoms with Crippen molar-refractivity contribution in [3.63, 3.8) is 0 Å². The molecule has 0 aliphatic carbocycles. The Morgan fingerprint density at radius 2 is 1.85 bits per heavy atom. The highest BCUT2D eigenvalue weighted by atomic mass is 16.6. The van der Waals surface area contributed by atoms with E-state index in [1.165, 1.54) is 0 Å². The van der Waals surface area contributed by atoms with Crippen molar-refractivity contribution in [3.8, 4) is 17.2 Å². The Morgan fingerprint density at radius 3 is 2.48 bits per heavy atom. The lowest BCUT2D eigenvalue weighted by atomic mass is 10.1. The van der Waals surface area contributed by atoms with Gasteiger partial charge >= 0.3 is 0 Å². The van der Waals surface area contributed by atoms with Crippen LogP contribution in [0.3, 0.4) is 0 Å². The van der Waals surface area contributed by atoms with Crippen molar-refractivity contribution in [2.45, 2.75) is 25.5 Å². The lowest BCUT2D eigenvalue weighted by Gasteiger charge is -2.28. The second-order valence-electron chi connectivity index (χ2n) is 6.60. The molecular weight excluding hydrogens is 350 g/mol. The average Bonchev–Trinajstić information content (AvgIpc) is 3.21. The van der Waals surface area contributed by atoms with Crippen molar-refractivity contribution >= 4 is 0 Å². The fourth-order valence-corrected chi connectivity index (χ4v) is 3.50. The molecule has 1 aromatic carbocycles. The van der Waals surface area contributed by atoms with Gasteiger partial charge in [-0.3, -0.25) is 4.90 Å². The number of benzene rings is 1. The van der Waals surface area contributed by atoms with E-state index >= 15 is 0 Å². The van der Waals surface area contributed by atoms with E-state index in [1.807, 2.05) is 12.1 Å². The van der Waals surface area contributed by atoms with Gasteiger partial charge in [0.2, 0.25) is 5.75 Å². The summed E-state index contributed by atoms with van der Waals surface area (Å²) in [5, 5.41) is 0. The zero-order chi connectivity index (χ0) is 19.1. The number of rotatable bonds is 9. The monoisotopic (exact) mass is 379 g/mol. The molecule has 2 heterocycles. The molecule has 0 saturated carbocycles. The molecule has 1 saturated heterocycles. The molecule has 0 amide bonds. The van der Waals surface area contributed by atoms with E-state index in [9.17, 15) is 0 Å². The summed E-state index contributed by atoms with van der Waals surface area (Å²) in [6.07, 6.45) is 4.13. The van der Waals surface area contributed by atoms with Crippen LogP contribution < -0.4 is 14.2 Å². The Bertz CT molecular complexity index is 642. The molecule has 150 valence electrons. The molecule has 0 radical (unpaired) electrons. The van der Waals surface area contributed by atoms with Gasteiger partial charge in [-0.2, -0.15) is 0 Å². The molecule has 3 rings (SSSR count). The fourth-order valence-electron chi connectivity index (χ4n) is 3.50. The van der Waals surface area contributed by atoms with Crippen LogP contribution in [0.2, 0.25) is 0 Å². The van der Waals surface area contributed by atoms with Crippen LogP contribution in [-0.4, -0.2) is 65.2 Å². The van der Waals surface area contributed by atoms with Crippen molar-refractivity contribution in [1.82, 2.24) is 4.90 Å². The van der Waals surface area contributed by atoms with Crippen molar-refractivity contribution in [2.75, 3.05) is 54.2 Å². The van der Waals surface area contributed by atoms with E-state index in [0.717, 1.165) is 37.3 Å². The number of methoxy groups -OCH3 is 3. The van der Waals surface area contributed by atoms with Crippen LogP contribution in [-0.2, 0) is 20.8 Å². The van der Waals surface area contributed by atoms with Gasteiger partial charge in [-0.05, 0) is 18.9 Å². The summed E-state index contributed by atoms with van der Waals surface area (Å²) in [7, 11) is 4.88. The highest BCUT2D eigenvalue weighted by Crippen LogP contribution is 2.40. The van der Waals surface area contributed by atoms with Crippen molar-refractivity contribution < 1.29 is 28.4 Å². The molecular formula is C20H29NO6. The van der Waals surface area contributed by atoms with Crippen LogP contribution in [0.25, 0.3) is 0 Å². The summed E-state index contributed by atoms with van der Waals surface area (Å²) in [6.45, 7) is 4.15. The molecule has 0 bridgehead atoms. The van der Waals surface area contributed by atoms with E-state index in [4.69, 9.17) is 28.4 Å². The summed E-state index contributed by atoms with van der Waals surface area (Å²) >= 11 is 0. The third-order valence-corrected chi connectivity index (χ3v) is 4.75. The summed E-state index contributed by atoms with van der Waals surface area (Å²) in [6, 6.07) is 3.91. The highest BCUT2D eigenvalue weighted by molar-refractivity contribution is 5.55. The molecule has 1 aromatic rings. The molecule has 7 heteroatoms. The van der Waals surface area contributed by atoms with Crippen molar-refractivity contribution in [2.24, 2.45) is 0 Å². The zero-order valence-electron chi connectivity index (χ0n) is 16.4. The van der Waals surface area contributed by atoms with Gasteiger partial charge < -0.3 is 28.4 Å². The predicted molar refractivity (Wildman–Crippen MR) is 100 cm³/mol. The molecule has 2 aliphatic heterocycles. The van der Waals surface area contributed by atoms with Gasteiger partial charge in [0.05, 0.1) is 34.0 Å². The molecule has 1 fully saturated rings. The first-order valence-corrected chi connectivity index (χ1v) is 9.30. The first-order chi connectivity index (χ1) is 13.2. The quantitative estimate of drug-likeness (QED) is 0.654. The van der Waals surface area contributed by atoms with Gasteiger partial charge in [0.15, 0.2) is 11.5 Å². The second kappa shape index (κ2) is 9.71. The number of nitrogens with zero attached hydrogens (tertiary/aromatic N) is 1. The minimum atomic E-state index is 0.237. The Labute approximate surface area is 160 Å². The lowest BCUT2D eigenvalue weighted by molar-refractivity contribution is 0.0463. The van der Waals surface area contributed by atoms with Gasteiger partial charge in [-0.15, -0.1) is 0 Å². The summed E-state index contributed by atoms with van der Waals surface area (Å²) in [5.74, 6) is 2.77. The zero-order valence-corrected chi connectivity index (χ0v) is 16.4. The van der Waals surface area contributed by atoms with Crippen LogP contribution in [0.1, 0.15) is 18.4 Å². The first-order valence-electron chi connectivity index (χ1n) is 9.30. The van der Waals surface area contributed by atoms with Crippen LogP contribution in [0.5, 0.6) is 17.2 Å².